The number of rotatable bonds is 6. The summed E-state index contributed by atoms with van der Waals surface area (Å²) in [5.74, 6) is 1.08. The van der Waals surface area contributed by atoms with Gasteiger partial charge >= 0.3 is 6.03 Å². The normalized spacial score (nSPS) is 14.8. The fourth-order valence-electron chi connectivity index (χ4n) is 4.18. The molecule has 37 heavy (non-hydrogen) atoms. The summed E-state index contributed by atoms with van der Waals surface area (Å²) in [6.45, 7) is 6.06. The number of nitrogens with two attached hydrogens (primary N) is 1. The Hall–Kier alpha value is -3.76. The molecule has 190 valence electrons. The molecule has 0 atom stereocenters. The third-order valence-electron chi connectivity index (χ3n) is 6.72. The highest BCUT2D eigenvalue weighted by Gasteiger charge is 2.37. The molecule has 1 aliphatic carbocycles. The van der Waals surface area contributed by atoms with E-state index in [9.17, 15) is 4.79 Å². The van der Waals surface area contributed by atoms with Gasteiger partial charge in [-0.15, -0.1) is 0 Å². The van der Waals surface area contributed by atoms with Gasteiger partial charge in [-0.05, 0) is 49.9 Å². The van der Waals surface area contributed by atoms with Gasteiger partial charge in [-0.1, -0.05) is 49.4 Å². The summed E-state index contributed by atoms with van der Waals surface area (Å²) < 4.78 is 7.40. The number of aryl methyl sites for hydroxylation is 1. The van der Waals surface area contributed by atoms with Crippen molar-refractivity contribution in [1.82, 2.24) is 19.5 Å². The summed E-state index contributed by atoms with van der Waals surface area (Å²) in [6, 6.07) is 13.1. The number of nitrogens with zero attached hydrogens (tertiary/aromatic N) is 4. The number of imidazole rings is 1. The van der Waals surface area contributed by atoms with Crippen molar-refractivity contribution in [3.8, 4) is 11.3 Å². The Morgan fingerprint density at radius 1 is 1.14 bits per heavy atom. The van der Waals surface area contributed by atoms with Gasteiger partial charge in [0.05, 0.1) is 11.2 Å². The number of carbonyl (C=O) groups excluding carboxylic acids is 1. The second kappa shape index (κ2) is 8.67. The van der Waals surface area contributed by atoms with Gasteiger partial charge in [0.15, 0.2) is 10.8 Å². The number of benzene rings is 1. The van der Waals surface area contributed by atoms with Gasteiger partial charge in [0.2, 0.25) is 0 Å². The van der Waals surface area contributed by atoms with Crippen LogP contribution in [0.5, 0.6) is 0 Å². The number of hydrogen-bond acceptors (Lipinski definition) is 7. The first-order chi connectivity index (χ1) is 17.6. The van der Waals surface area contributed by atoms with E-state index in [1.54, 1.807) is 17.4 Å². The Morgan fingerprint density at radius 3 is 2.62 bits per heavy atom. The minimum atomic E-state index is -0.388. The summed E-state index contributed by atoms with van der Waals surface area (Å²) in [6.07, 6.45) is 6.17. The number of amides is 2. The van der Waals surface area contributed by atoms with Crippen LogP contribution in [0.2, 0.25) is 0 Å². The molecular formula is C27H29N7O2S. The first-order valence-corrected chi connectivity index (χ1v) is 13.2. The number of urea groups is 1. The average Bonchev–Trinajstić information content (AvgIpc) is 3.19. The van der Waals surface area contributed by atoms with E-state index >= 15 is 0 Å². The maximum absolute atomic E-state index is 12.4. The minimum Gasteiger partial charge on any atom is -0.359 e. The lowest BCUT2D eigenvalue weighted by molar-refractivity contribution is 0.262. The molecule has 0 saturated heterocycles. The standard InChI is InChI=1S/C27H29N7O2S/c1-26(2,3)21-14-22(33-36-21)32-24(35)30-17-6-4-16(5-7-17)19-15-34-20-9-8-18(10-11-27(28)12-13-27)29-23(20)37-25(34)31-19/h4-9,14-15H,10-13,28H2,1-3H3,(H2,30,32,33,35). The molecule has 1 aromatic carbocycles. The van der Waals surface area contributed by atoms with Crippen LogP contribution < -0.4 is 16.4 Å². The van der Waals surface area contributed by atoms with Gasteiger partial charge < -0.3 is 15.6 Å². The van der Waals surface area contributed by atoms with E-state index in [0.29, 0.717) is 17.3 Å². The van der Waals surface area contributed by atoms with Gasteiger partial charge in [-0.25, -0.2) is 14.8 Å². The van der Waals surface area contributed by atoms with Gasteiger partial charge in [0, 0.05) is 40.2 Å². The fourth-order valence-corrected chi connectivity index (χ4v) is 5.18. The number of aromatic nitrogens is 4. The molecule has 0 unspecified atom stereocenters. The Labute approximate surface area is 218 Å². The topological polar surface area (TPSA) is 123 Å². The lowest BCUT2D eigenvalue weighted by atomic mass is 9.93. The van der Waals surface area contributed by atoms with E-state index in [2.05, 4.69) is 32.3 Å². The zero-order valence-electron chi connectivity index (χ0n) is 21.0. The van der Waals surface area contributed by atoms with E-state index in [-0.39, 0.29) is 17.0 Å². The number of pyridine rings is 1. The van der Waals surface area contributed by atoms with Crippen molar-refractivity contribution in [3.63, 3.8) is 0 Å². The molecule has 4 heterocycles. The van der Waals surface area contributed by atoms with E-state index in [0.717, 1.165) is 57.9 Å². The molecule has 4 N–H and O–H groups in total. The molecule has 6 rings (SSSR count). The summed E-state index contributed by atoms with van der Waals surface area (Å²) in [5.41, 5.74) is 10.7. The first-order valence-electron chi connectivity index (χ1n) is 12.4. The van der Waals surface area contributed by atoms with Gasteiger partial charge in [-0.2, -0.15) is 0 Å². The molecule has 1 saturated carbocycles. The van der Waals surface area contributed by atoms with Crippen molar-refractivity contribution in [3.05, 3.63) is 60.1 Å². The lowest BCUT2D eigenvalue weighted by Gasteiger charge is -2.12. The maximum Gasteiger partial charge on any atom is 0.324 e. The molecule has 0 aliphatic heterocycles. The SMILES string of the molecule is CC(C)(C)c1cc(NC(=O)Nc2ccc(-c3cn4c(n3)sc3nc(CCC5(N)CC5)ccc34)cc2)no1. The van der Waals surface area contributed by atoms with Gasteiger partial charge in [0.25, 0.3) is 0 Å². The van der Waals surface area contributed by atoms with Crippen LogP contribution >= 0.6 is 11.3 Å². The predicted molar refractivity (Wildman–Crippen MR) is 146 cm³/mol. The number of carbonyl (C=O) groups is 1. The van der Waals surface area contributed by atoms with Crippen LogP contribution in [0, 0.1) is 0 Å². The summed E-state index contributed by atoms with van der Waals surface area (Å²) in [4.78, 5) is 23.9. The largest absolute Gasteiger partial charge is 0.359 e. The Balaban J connectivity index is 1.13. The molecule has 2 amide bonds. The first kappa shape index (κ1) is 23.6. The summed E-state index contributed by atoms with van der Waals surface area (Å²) in [5, 5.41) is 9.44. The minimum absolute atomic E-state index is 0.0393. The monoisotopic (exact) mass is 515 g/mol. The van der Waals surface area contributed by atoms with Crippen molar-refractivity contribution < 1.29 is 9.32 Å². The van der Waals surface area contributed by atoms with E-state index in [1.165, 1.54) is 0 Å². The molecule has 10 heteroatoms. The van der Waals surface area contributed by atoms with Crippen LogP contribution in [0.3, 0.4) is 0 Å². The third kappa shape index (κ3) is 4.94. The van der Waals surface area contributed by atoms with Crippen LogP contribution in [0.25, 0.3) is 26.6 Å². The molecule has 5 aromatic rings. The third-order valence-corrected chi connectivity index (χ3v) is 7.68. The van der Waals surface area contributed by atoms with Crippen LogP contribution in [0.1, 0.15) is 51.5 Å². The zero-order chi connectivity index (χ0) is 25.8. The van der Waals surface area contributed by atoms with Crippen LogP contribution in [-0.2, 0) is 11.8 Å². The molecule has 9 nitrogen and oxygen atoms in total. The quantitative estimate of drug-likeness (QED) is 0.256. The van der Waals surface area contributed by atoms with Crippen LogP contribution in [-0.4, -0.2) is 31.1 Å². The number of nitrogens with one attached hydrogen (secondary N) is 2. The number of anilines is 2. The fraction of sp³-hybridized carbons (Fsp3) is 0.333. The number of fused-ring (bicyclic) bond motifs is 3. The molecule has 0 spiro atoms. The Kier molecular flexibility index (Phi) is 5.54. The Bertz CT molecular complexity index is 1600. The number of hydrogen-bond donors (Lipinski definition) is 3. The van der Waals surface area contributed by atoms with Crippen molar-refractivity contribution >= 4 is 44.2 Å². The van der Waals surface area contributed by atoms with Gasteiger partial charge in [-0.3, -0.25) is 9.72 Å². The predicted octanol–water partition coefficient (Wildman–Crippen LogP) is 5.96. The maximum atomic E-state index is 12.4. The van der Waals surface area contributed by atoms with Gasteiger partial charge in [0.1, 0.15) is 10.6 Å². The van der Waals surface area contributed by atoms with Crippen molar-refractivity contribution in [1.29, 1.82) is 0 Å². The lowest BCUT2D eigenvalue weighted by Crippen LogP contribution is -2.22. The van der Waals surface area contributed by atoms with E-state index in [1.807, 2.05) is 51.2 Å². The van der Waals surface area contributed by atoms with Crippen LogP contribution in [0.15, 0.2) is 53.2 Å². The smallest absolute Gasteiger partial charge is 0.324 e. The molecule has 1 fully saturated rings. The molecule has 4 aromatic heterocycles. The van der Waals surface area contributed by atoms with E-state index in [4.69, 9.17) is 20.2 Å². The molecule has 0 bridgehead atoms. The van der Waals surface area contributed by atoms with Crippen molar-refractivity contribution in [2.75, 3.05) is 10.6 Å². The number of thiazole rings is 1. The molecular weight excluding hydrogens is 486 g/mol. The van der Waals surface area contributed by atoms with Crippen molar-refractivity contribution in [2.24, 2.45) is 5.73 Å². The Morgan fingerprint density at radius 2 is 1.92 bits per heavy atom. The second-order valence-electron chi connectivity index (χ2n) is 10.9. The highest BCUT2D eigenvalue weighted by molar-refractivity contribution is 7.23. The second-order valence-corrected chi connectivity index (χ2v) is 11.8. The molecule has 1 aliphatic rings. The highest BCUT2D eigenvalue weighted by atomic mass is 32.1. The zero-order valence-corrected chi connectivity index (χ0v) is 21.9. The highest BCUT2D eigenvalue weighted by Crippen LogP contribution is 2.37. The summed E-state index contributed by atoms with van der Waals surface area (Å²) in [7, 11) is 0. The summed E-state index contributed by atoms with van der Waals surface area (Å²) >= 11 is 1.59. The van der Waals surface area contributed by atoms with E-state index < -0.39 is 0 Å². The average molecular weight is 516 g/mol. The van der Waals surface area contributed by atoms with Crippen molar-refractivity contribution in [2.45, 2.75) is 57.4 Å². The van der Waals surface area contributed by atoms with Crippen LogP contribution in [0.4, 0.5) is 16.3 Å². The molecule has 0 radical (unpaired) electrons.